The summed E-state index contributed by atoms with van der Waals surface area (Å²) in [6, 6.07) is 62.5. The van der Waals surface area contributed by atoms with Crippen molar-refractivity contribution in [1.82, 2.24) is 34.1 Å². The van der Waals surface area contributed by atoms with Crippen molar-refractivity contribution in [3.05, 3.63) is 188 Å². The predicted octanol–water partition coefficient (Wildman–Crippen LogP) is 12.2. The van der Waals surface area contributed by atoms with Gasteiger partial charge in [-0.2, -0.15) is 0 Å². The Hall–Kier alpha value is -7.51. The van der Waals surface area contributed by atoms with Crippen LogP contribution in [0.15, 0.2) is 182 Å². The van der Waals surface area contributed by atoms with E-state index in [0.717, 1.165) is 72.9 Å². The van der Waals surface area contributed by atoms with Crippen LogP contribution in [0.4, 0.5) is 0 Å². The zero-order valence-electron chi connectivity index (χ0n) is 32.5. The highest BCUT2D eigenvalue weighted by molar-refractivity contribution is 5.88. The minimum absolute atomic E-state index is 0.0162. The minimum Gasteiger partial charge on any atom is -0.292 e. The number of hydrogen-bond donors (Lipinski definition) is 0. The topological polar surface area (TPSA) is 74.3 Å². The van der Waals surface area contributed by atoms with Crippen LogP contribution in [-0.4, -0.2) is 34.1 Å². The largest absolute Gasteiger partial charge is 0.292 e. The summed E-state index contributed by atoms with van der Waals surface area (Å²) in [5.74, 6) is 3.47. The Morgan fingerprint density at radius 2 is 0.707 bits per heavy atom. The van der Waals surface area contributed by atoms with Gasteiger partial charge in [0.2, 0.25) is 0 Å². The SMILES string of the molecule is CC(C)(C)c1ccc(-c2nc(-c3ccc4c(c3)nc(-c3ccccc3)n4-c3ccccc3)nc(-c3ccc4c(c3)nc(-c3ccccc3)n4-c3ccccc3)n2)cc1. The van der Waals surface area contributed by atoms with E-state index in [0.29, 0.717) is 17.5 Å². The zero-order valence-corrected chi connectivity index (χ0v) is 32.5. The number of benzene rings is 7. The lowest BCUT2D eigenvalue weighted by atomic mass is 9.87. The van der Waals surface area contributed by atoms with Gasteiger partial charge in [0.25, 0.3) is 0 Å². The molecule has 0 atom stereocenters. The first kappa shape index (κ1) is 34.9. The van der Waals surface area contributed by atoms with Crippen LogP contribution in [0.1, 0.15) is 26.3 Å². The van der Waals surface area contributed by atoms with Crippen molar-refractivity contribution >= 4 is 22.1 Å². The average Bonchev–Trinajstić information content (AvgIpc) is 3.86. The fourth-order valence-electron chi connectivity index (χ4n) is 7.56. The van der Waals surface area contributed by atoms with Crippen molar-refractivity contribution in [3.63, 3.8) is 0 Å². The van der Waals surface area contributed by atoms with E-state index in [1.54, 1.807) is 0 Å². The molecule has 0 radical (unpaired) electrons. The minimum atomic E-state index is 0.0162. The van der Waals surface area contributed by atoms with Gasteiger partial charge in [-0.15, -0.1) is 0 Å². The van der Waals surface area contributed by atoms with E-state index in [2.05, 4.69) is 163 Å². The third-order valence-electron chi connectivity index (χ3n) is 10.6. The molecule has 0 N–H and O–H groups in total. The molecule has 0 spiro atoms. The summed E-state index contributed by atoms with van der Waals surface area (Å²) in [5, 5.41) is 0. The molecule has 0 amide bonds. The van der Waals surface area contributed by atoms with Crippen molar-refractivity contribution < 1.29 is 0 Å². The lowest BCUT2D eigenvalue weighted by molar-refractivity contribution is 0.590. The summed E-state index contributed by atoms with van der Waals surface area (Å²) in [6.45, 7) is 6.66. The van der Waals surface area contributed by atoms with Gasteiger partial charge in [0.15, 0.2) is 17.5 Å². The summed E-state index contributed by atoms with van der Waals surface area (Å²) < 4.78 is 4.42. The average molecular weight is 750 g/mol. The van der Waals surface area contributed by atoms with Crippen molar-refractivity contribution in [2.75, 3.05) is 0 Å². The van der Waals surface area contributed by atoms with Crippen molar-refractivity contribution in [2.45, 2.75) is 26.2 Å². The van der Waals surface area contributed by atoms with Gasteiger partial charge in [-0.25, -0.2) is 24.9 Å². The van der Waals surface area contributed by atoms with Gasteiger partial charge < -0.3 is 0 Å². The van der Waals surface area contributed by atoms with Gasteiger partial charge in [-0.1, -0.05) is 142 Å². The van der Waals surface area contributed by atoms with Gasteiger partial charge in [-0.3, -0.25) is 9.13 Å². The zero-order chi connectivity index (χ0) is 39.2. The molecule has 58 heavy (non-hydrogen) atoms. The Labute approximate surface area is 337 Å². The van der Waals surface area contributed by atoms with E-state index in [9.17, 15) is 0 Å². The first-order valence-corrected chi connectivity index (χ1v) is 19.5. The maximum Gasteiger partial charge on any atom is 0.164 e. The van der Waals surface area contributed by atoms with E-state index in [4.69, 9.17) is 24.9 Å². The second-order valence-corrected chi connectivity index (χ2v) is 15.5. The third kappa shape index (κ3) is 6.42. The van der Waals surface area contributed by atoms with Crippen LogP contribution in [0.3, 0.4) is 0 Å². The van der Waals surface area contributed by atoms with E-state index >= 15 is 0 Å². The predicted molar refractivity (Wildman–Crippen MR) is 235 cm³/mol. The summed E-state index contributed by atoms with van der Waals surface area (Å²) in [6.07, 6.45) is 0. The first-order valence-electron chi connectivity index (χ1n) is 19.5. The molecule has 3 heterocycles. The number of rotatable bonds is 7. The number of aromatic nitrogens is 7. The second-order valence-electron chi connectivity index (χ2n) is 15.5. The summed E-state index contributed by atoms with van der Waals surface area (Å²) in [4.78, 5) is 25.9. The molecular formula is C51H39N7. The molecule has 7 aromatic carbocycles. The lowest BCUT2D eigenvalue weighted by Crippen LogP contribution is -2.10. The van der Waals surface area contributed by atoms with Gasteiger partial charge >= 0.3 is 0 Å². The quantitative estimate of drug-likeness (QED) is 0.162. The van der Waals surface area contributed by atoms with Crippen LogP contribution >= 0.6 is 0 Å². The van der Waals surface area contributed by atoms with Crippen LogP contribution in [0.5, 0.6) is 0 Å². The van der Waals surface area contributed by atoms with Gasteiger partial charge in [0, 0.05) is 39.2 Å². The molecule has 0 unspecified atom stereocenters. The van der Waals surface area contributed by atoms with Crippen molar-refractivity contribution in [2.24, 2.45) is 0 Å². The van der Waals surface area contributed by atoms with Crippen LogP contribution in [0.2, 0.25) is 0 Å². The summed E-state index contributed by atoms with van der Waals surface area (Å²) in [7, 11) is 0. The highest BCUT2D eigenvalue weighted by Crippen LogP contribution is 2.35. The van der Waals surface area contributed by atoms with E-state index in [-0.39, 0.29) is 5.41 Å². The maximum absolute atomic E-state index is 5.22. The smallest absolute Gasteiger partial charge is 0.164 e. The molecule has 3 aromatic heterocycles. The van der Waals surface area contributed by atoms with E-state index in [1.165, 1.54) is 5.56 Å². The first-order chi connectivity index (χ1) is 28.4. The molecular weight excluding hydrogens is 711 g/mol. The molecule has 0 aliphatic heterocycles. The number of hydrogen-bond acceptors (Lipinski definition) is 5. The Bertz CT molecular complexity index is 2880. The Morgan fingerprint density at radius 3 is 1.10 bits per heavy atom. The highest BCUT2D eigenvalue weighted by Gasteiger charge is 2.20. The van der Waals surface area contributed by atoms with E-state index in [1.807, 2.05) is 48.5 Å². The van der Waals surface area contributed by atoms with Crippen LogP contribution in [0.25, 0.3) is 90.4 Å². The number of nitrogens with zero attached hydrogens (tertiary/aromatic N) is 7. The van der Waals surface area contributed by atoms with Crippen LogP contribution < -0.4 is 0 Å². The molecule has 7 nitrogen and oxygen atoms in total. The fourth-order valence-corrected chi connectivity index (χ4v) is 7.56. The molecule has 10 aromatic rings. The Morgan fingerprint density at radius 1 is 0.345 bits per heavy atom. The molecule has 0 fully saturated rings. The molecule has 10 rings (SSSR count). The molecule has 0 bridgehead atoms. The van der Waals surface area contributed by atoms with Crippen LogP contribution in [-0.2, 0) is 5.41 Å². The van der Waals surface area contributed by atoms with Gasteiger partial charge in [-0.05, 0) is 71.6 Å². The Balaban J connectivity index is 1.15. The fraction of sp³-hybridized carbons (Fsp3) is 0.0784. The monoisotopic (exact) mass is 749 g/mol. The van der Waals surface area contributed by atoms with Crippen LogP contribution in [0, 0.1) is 0 Å². The molecule has 0 aliphatic rings. The van der Waals surface area contributed by atoms with Gasteiger partial charge in [0.05, 0.1) is 22.1 Å². The third-order valence-corrected chi connectivity index (χ3v) is 10.6. The molecule has 0 saturated heterocycles. The standard InChI is InChI=1S/C51H39N7/c1-51(2,3)39-28-24-34(25-29-39)46-54-47(37-26-30-44-42(32-37)52-49(35-16-8-4-9-17-35)57(44)40-20-12-6-13-21-40)56-48(55-46)38-27-31-45-43(33-38)53-50(36-18-10-5-11-19-36)58(45)41-22-14-7-15-23-41/h4-33H,1-3H3. The van der Waals surface area contributed by atoms with Gasteiger partial charge in [0.1, 0.15) is 11.6 Å². The Kier molecular flexibility index (Phi) is 8.56. The number of imidazole rings is 2. The maximum atomic E-state index is 5.22. The molecule has 7 heteroatoms. The normalized spacial score (nSPS) is 11.7. The molecule has 0 aliphatic carbocycles. The van der Waals surface area contributed by atoms with Crippen molar-refractivity contribution in [3.8, 4) is 68.3 Å². The second kappa shape index (κ2) is 14.2. The summed E-state index contributed by atoms with van der Waals surface area (Å²) >= 11 is 0. The molecule has 0 saturated carbocycles. The highest BCUT2D eigenvalue weighted by atomic mass is 15.1. The van der Waals surface area contributed by atoms with Crippen molar-refractivity contribution in [1.29, 1.82) is 0 Å². The number of fused-ring (bicyclic) bond motifs is 2. The number of para-hydroxylation sites is 2. The lowest BCUT2D eigenvalue weighted by Gasteiger charge is -2.19. The van der Waals surface area contributed by atoms with E-state index < -0.39 is 0 Å². The molecule has 278 valence electrons. The summed E-state index contributed by atoms with van der Waals surface area (Å²) in [5.41, 5.74) is 11.7.